The summed E-state index contributed by atoms with van der Waals surface area (Å²) >= 11 is 0. The molecule has 3 aromatic rings. The molecule has 25 heavy (non-hydrogen) atoms. The molecule has 0 aliphatic heterocycles. The predicted molar refractivity (Wildman–Crippen MR) is 95.9 cm³/mol. The van der Waals surface area contributed by atoms with Crippen molar-refractivity contribution in [1.29, 1.82) is 0 Å². The summed E-state index contributed by atoms with van der Waals surface area (Å²) in [7, 11) is 5.05. The number of hydrogen-bond acceptors (Lipinski definition) is 4. The molecule has 0 spiro atoms. The number of ether oxygens (including phenoxy) is 2. The SMILES string of the molecule is COc1ccc(CN(C)C(=O)Cc2coc3cc(OC)ccc23)cc1. The smallest absolute Gasteiger partial charge is 0.227 e. The van der Waals surface area contributed by atoms with Crippen LogP contribution in [0, 0.1) is 0 Å². The van der Waals surface area contributed by atoms with Crippen molar-refractivity contribution in [2.24, 2.45) is 0 Å². The highest BCUT2D eigenvalue weighted by Crippen LogP contribution is 2.26. The van der Waals surface area contributed by atoms with E-state index < -0.39 is 0 Å². The van der Waals surface area contributed by atoms with Gasteiger partial charge in [-0.3, -0.25) is 4.79 Å². The highest BCUT2D eigenvalue weighted by molar-refractivity contribution is 5.88. The molecule has 0 atom stereocenters. The zero-order chi connectivity index (χ0) is 17.8. The maximum Gasteiger partial charge on any atom is 0.227 e. The summed E-state index contributed by atoms with van der Waals surface area (Å²) in [5, 5.41) is 0.937. The lowest BCUT2D eigenvalue weighted by Gasteiger charge is -2.17. The highest BCUT2D eigenvalue weighted by atomic mass is 16.5. The summed E-state index contributed by atoms with van der Waals surface area (Å²) in [5.41, 5.74) is 2.66. The lowest BCUT2D eigenvalue weighted by Crippen LogP contribution is -2.27. The number of rotatable bonds is 6. The van der Waals surface area contributed by atoms with Crippen LogP contribution < -0.4 is 9.47 Å². The molecule has 0 fully saturated rings. The minimum absolute atomic E-state index is 0.0364. The summed E-state index contributed by atoms with van der Waals surface area (Å²) in [5.74, 6) is 1.57. The molecule has 0 saturated heterocycles. The fraction of sp³-hybridized carbons (Fsp3) is 0.250. The summed E-state index contributed by atoms with van der Waals surface area (Å²) in [6.07, 6.45) is 1.94. The van der Waals surface area contributed by atoms with E-state index in [0.717, 1.165) is 33.6 Å². The standard InChI is InChI=1S/C20H21NO4/c1-21(12-14-4-6-16(23-2)7-5-14)20(22)10-15-13-25-19-11-17(24-3)8-9-18(15)19/h4-9,11,13H,10,12H2,1-3H3. The van der Waals surface area contributed by atoms with E-state index in [1.54, 1.807) is 32.4 Å². The van der Waals surface area contributed by atoms with Crippen LogP contribution in [0.2, 0.25) is 0 Å². The van der Waals surface area contributed by atoms with Crippen molar-refractivity contribution in [3.63, 3.8) is 0 Å². The third-order valence-corrected chi connectivity index (χ3v) is 4.21. The average molecular weight is 339 g/mol. The van der Waals surface area contributed by atoms with Gasteiger partial charge in [-0.25, -0.2) is 0 Å². The maximum atomic E-state index is 12.5. The Balaban J connectivity index is 1.68. The molecule has 3 rings (SSSR count). The number of methoxy groups -OCH3 is 2. The van der Waals surface area contributed by atoms with Gasteiger partial charge in [0.15, 0.2) is 0 Å². The molecule has 0 aliphatic carbocycles. The number of carbonyl (C=O) groups excluding carboxylic acids is 1. The topological polar surface area (TPSA) is 51.9 Å². The molecule has 0 saturated carbocycles. The summed E-state index contributed by atoms with van der Waals surface area (Å²) < 4.78 is 15.9. The number of benzene rings is 2. The van der Waals surface area contributed by atoms with Crippen molar-refractivity contribution >= 4 is 16.9 Å². The second-order valence-corrected chi connectivity index (χ2v) is 5.90. The van der Waals surface area contributed by atoms with Crippen LogP contribution in [0.15, 0.2) is 53.1 Å². The number of hydrogen-bond donors (Lipinski definition) is 0. The fourth-order valence-corrected chi connectivity index (χ4v) is 2.72. The molecule has 0 unspecified atom stereocenters. The number of fused-ring (bicyclic) bond motifs is 1. The first-order chi connectivity index (χ1) is 12.1. The van der Waals surface area contributed by atoms with Gasteiger partial charge in [0.1, 0.15) is 17.1 Å². The summed E-state index contributed by atoms with van der Waals surface area (Å²) in [6.45, 7) is 0.548. The van der Waals surface area contributed by atoms with E-state index >= 15 is 0 Å². The van der Waals surface area contributed by atoms with Crippen LogP contribution in [-0.4, -0.2) is 32.1 Å². The Morgan fingerprint density at radius 1 is 1.04 bits per heavy atom. The van der Waals surface area contributed by atoms with E-state index in [1.807, 2.05) is 42.5 Å². The lowest BCUT2D eigenvalue weighted by atomic mass is 10.1. The fourth-order valence-electron chi connectivity index (χ4n) is 2.72. The van der Waals surface area contributed by atoms with Gasteiger partial charge in [-0.2, -0.15) is 0 Å². The first kappa shape index (κ1) is 16.9. The van der Waals surface area contributed by atoms with Crippen molar-refractivity contribution in [3.8, 4) is 11.5 Å². The van der Waals surface area contributed by atoms with Crippen molar-refractivity contribution in [2.45, 2.75) is 13.0 Å². The molecule has 1 amide bonds. The van der Waals surface area contributed by atoms with E-state index in [1.165, 1.54) is 0 Å². The molecule has 1 aromatic heterocycles. The van der Waals surface area contributed by atoms with Crippen LogP contribution in [0.5, 0.6) is 11.5 Å². The molecular weight excluding hydrogens is 318 g/mol. The Kier molecular flexibility index (Phi) is 4.93. The third kappa shape index (κ3) is 3.76. The molecule has 0 N–H and O–H groups in total. The monoisotopic (exact) mass is 339 g/mol. The second kappa shape index (κ2) is 7.30. The van der Waals surface area contributed by atoms with Gasteiger partial charge >= 0.3 is 0 Å². The Bertz CT molecular complexity index is 867. The lowest BCUT2D eigenvalue weighted by molar-refractivity contribution is -0.129. The van der Waals surface area contributed by atoms with E-state index in [4.69, 9.17) is 13.9 Å². The van der Waals surface area contributed by atoms with Crippen LogP contribution in [-0.2, 0) is 17.8 Å². The third-order valence-electron chi connectivity index (χ3n) is 4.21. The van der Waals surface area contributed by atoms with Gasteiger partial charge in [-0.05, 0) is 29.8 Å². The van der Waals surface area contributed by atoms with E-state index in [2.05, 4.69) is 0 Å². The van der Waals surface area contributed by atoms with Gasteiger partial charge < -0.3 is 18.8 Å². The quantitative estimate of drug-likeness (QED) is 0.688. The molecule has 0 radical (unpaired) electrons. The number of amides is 1. The Hall–Kier alpha value is -2.95. The van der Waals surface area contributed by atoms with Crippen molar-refractivity contribution < 1.29 is 18.7 Å². The predicted octanol–water partition coefficient (Wildman–Crippen LogP) is 3.65. The highest BCUT2D eigenvalue weighted by Gasteiger charge is 2.15. The Morgan fingerprint density at radius 2 is 1.72 bits per heavy atom. The van der Waals surface area contributed by atoms with Crippen LogP contribution in [0.25, 0.3) is 11.0 Å². The van der Waals surface area contributed by atoms with Gasteiger partial charge in [0, 0.05) is 30.6 Å². The first-order valence-electron chi connectivity index (χ1n) is 8.01. The molecule has 0 aliphatic rings. The molecule has 5 nitrogen and oxygen atoms in total. The van der Waals surface area contributed by atoms with E-state index in [9.17, 15) is 4.79 Å². The zero-order valence-electron chi connectivity index (χ0n) is 14.6. The molecule has 2 aromatic carbocycles. The number of likely N-dealkylation sites (N-methyl/N-ethyl adjacent to an activating group) is 1. The zero-order valence-corrected chi connectivity index (χ0v) is 14.6. The Morgan fingerprint density at radius 3 is 2.40 bits per heavy atom. The largest absolute Gasteiger partial charge is 0.497 e. The molecular formula is C20H21NO4. The molecule has 130 valence electrons. The van der Waals surface area contributed by atoms with E-state index in [0.29, 0.717) is 13.0 Å². The second-order valence-electron chi connectivity index (χ2n) is 5.90. The van der Waals surface area contributed by atoms with Gasteiger partial charge in [-0.15, -0.1) is 0 Å². The van der Waals surface area contributed by atoms with Gasteiger partial charge in [0.05, 0.1) is 26.9 Å². The normalized spacial score (nSPS) is 10.7. The van der Waals surface area contributed by atoms with Crippen molar-refractivity contribution in [3.05, 3.63) is 59.9 Å². The van der Waals surface area contributed by atoms with Crippen LogP contribution in [0.1, 0.15) is 11.1 Å². The van der Waals surface area contributed by atoms with E-state index in [-0.39, 0.29) is 5.91 Å². The van der Waals surface area contributed by atoms with Gasteiger partial charge in [0.25, 0.3) is 0 Å². The summed E-state index contributed by atoms with van der Waals surface area (Å²) in [4.78, 5) is 14.3. The van der Waals surface area contributed by atoms with Gasteiger partial charge in [-0.1, -0.05) is 12.1 Å². The first-order valence-corrected chi connectivity index (χ1v) is 8.01. The van der Waals surface area contributed by atoms with Crippen LogP contribution in [0.4, 0.5) is 0 Å². The number of nitrogens with zero attached hydrogens (tertiary/aromatic N) is 1. The van der Waals surface area contributed by atoms with Gasteiger partial charge in [0.2, 0.25) is 5.91 Å². The number of furan rings is 1. The minimum atomic E-state index is 0.0364. The molecule has 0 bridgehead atoms. The molecule has 5 heteroatoms. The van der Waals surface area contributed by atoms with Crippen molar-refractivity contribution in [1.82, 2.24) is 4.90 Å². The Labute approximate surface area is 146 Å². The minimum Gasteiger partial charge on any atom is -0.497 e. The summed E-state index contributed by atoms with van der Waals surface area (Å²) in [6, 6.07) is 13.3. The maximum absolute atomic E-state index is 12.5. The molecule has 1 heterocycles. The van der Waals surface area contributed by atoms with Crippen LogP contribution >= 0.6 is 0 Å². The average Bonchev–Trinajstić information content (AvgIpc) is 3.04. The number of carbonyl (C=O) groups is 1. The van der Waals surface area contributed by atoms with Crippen LogP contribution in [0.3, 0.4) is 0 Å². The van der Waals surface area contributed by atoms with Crippen molar-refractivity contribution in [2.75, 3.05) is 21.3 Å².